The van der Waals surface area contributed by atoms with Crippen LogP contribution in [0.3, 0.4) is 0 Å². The van der Waals surface area contributed by atoms with Gasteiger partial charge in [0, 0.05) is 0 Å². The van der Waals surface area contributed by atoms with E-state index >= 15 is 0 Å². The minimum absolute atomic E-state index is 0.306. The van der Waals surface area contributed by atoms with Gasteiger partial charge in [-0.15, -0.1) is 0 Å². The van der Waals surface area contributed by atoms with Crippen LogP contribution in [0.5, 0.6) is 0 Å². The molecule has 18 heavy (non-hydrogen) atoms. The Morgan fingerprint density at radius 1 is 1.56 bits per heavy atom. The number of ether oxygens (including phenoxy) is 1. The van der Waals surface area contributed by atoms with Crippen LogP contribution in [0.4, 0.5) is 0 Å². The Morgan fingerprint density at radius 3 is 2.94 bits per heavy atom. The van der Waals surface area contributed by atoms with Crippen LogP contribution >= 0.6 is 27.3 Å². The van der Waals surface area contributed by atoms with Gasteiger partial charge >= 0.3 is 5.97 Å². The first-order valence-electron chi connectivity index (χ1n) is 5.28. The average molecular weight is 330 g/mol. The van der Waals surface area contributed by atoms with Gasteiger partial charge in [-0.1, -0.05) is 0 Å². The first-order valence-corrected chi connectivity index (χ1v) is 7.02. The van der Waals surface area contributed by atoms with Crippen LogP contribution in [-0.4, -0.2) is 13.1 Å². The molecule has 6 heteroatoms. The highest BCUT2D eigenvalue weighted by Gasteiger charge is 2.21. The molecule has 96 valence electrons. The normalized spacial score (nSPS) is 12.3. The fourth-order valence-corrected chi connectivity index (χ4v) is 2.57. The molecule has 1 unspecified atom stereocenters. The van der Waals surface area contributed by atoms with Gasteiger partial charge < -0.3 is 9.15 Å². The van der Waals surface area contributed by atoms with E-state index in [1.54, 1.807) is 11.3 Å². The standard InChI is InChI=1S/C12H12BrNO3S/c1-16-12(15)11(8-4-5-18-7-8)14-6-9-2-3-10(13)17-9/h2-5,7,11,14H,6H2,1H3. The molecule has 0 aliphatic carbocycles. The van der Waals surface area contributed by atoms with Crippen molar-refractivity contribution in [3.05, 3.63) is 45.0 Å². The van der Waals surface area contributed by atoms with Gasteiger partial charge in [0.1, 0.15) is 11.8 Å². The number of nitrogens with one attached hydrogen (secondary N) is 1. The molecule has 0 saturated carbocycles. The van der Waals surface area contributed by atoms with E-state index in [2.05, 4.69) is 21.2 Å². The maximum atomic E-state index is 11.7. The van der Waals surface area contributed by atoms with Gasteiger partial charge in [0.2, 0.25) is 0 Å². The van der Waals surface area contributed by atoms with E-state index in [0.29, 0.717) is 11.2 Å². The number of methoxy groups -OCH3 is 1. The summed E-state index contributed by atoms with van der Waals surface area (Å²) in [6.45, 7) is 0.460. The fourth-order valence-electron chi connectivity index (χ4n) is 1.54. The van der Waals surface area contributed by atoms with Gasteiger partial charge in [0.15, 0.2) is 4.67 Å². The summed E-state index contributed by atoms with van der Waals surface area (Å²) < 4.78 is 10.8. The molecule has 0 amide bonds. The molecule has 0 spiro atoms. The zero-order chi connectivity index (χ0) is 13.0. The highest BCUT2D eigenvalue weighted by molar-refractivity contribution is 9.10. The molecule has 0 aromatic carbocycles. The van der Waals surface area contributed by atoms with Crippen molar-refractivity contribution in [2.24, 2.45) is 0 Å². The summed E-state index contributed by atoms with van der Waals surface area (Å²) in [6.07, 6.45) is 0. The Hall–Kier alpha value is -1.11. The molecule has 4 nitrogen and oxygen atoms in total. The summed E-state index contributed by atoms with van der Waals surface area (Å²) >= 11 is 4.78. The second-order valence-corrected chi connectivity index (χ2v) is 5.16. The Balaban J connectivity index is 2.04. The third-order valence-corrected chi connectivity index (χ3v) is 3.55. The monoisotopic (exact) mass is 329 g/mol. The molecule has 0 fully saturated rings. The lowest BCUT2D eigenvalue weighted by Gasteiger charge is -2.14. The Labute approximate surface area is 117 Å². The van der Waals surface area contributed by atoms with Crippen LogP contribution in [0.2, 0.25) is 0 Å². The molecule has 0 bridgehead atoms. The summed E-state index contributed by atoms with van der Waals surface area (Å²) in [5, 5.41) is 6.97. The second-order valence-electron chi connectivity index (χ2n) is 3.60. The number of carbonyl (C=O) groups is 1. The van der Waals surface area contributed by atoms with Crippen molar-refractivity contribution in [2.45, 2.75) is 12.6 Å². The molecular formula is C12H12BrNO3S. The molecule has 1 N–H and O–H groups in total. The van der Waals surface area contributed by atoms with Crippen LogP contribution in [0.25, 0.3) is 0 Å². The molecule has 0 aliphatic rings. The van der Waals surface area contributed by atoms with Crippen LogP contribution < -0.4 is 5.32 Å². The van der Waals surface area contributed by atoms with E-state index in [1.165, 1.54) is 7.11 Å². The Morgan fingerprint density at radius 2 is 2.39 bits per heavy atom. The summed E-state index contributed by atoms with van der Waals surface area (Å²) in [4.78, 5) is 11.7. The first-order chi connectivity index (χ1) is 8.70. The number of hydrogen-bond acceptors (Lipinski definition) is 5. The smallest absolute Gasteiger partial charge is 0.327 e. The van der Waals surface area contributed by atoms with Crippen molar-refractivity contribution in [1.82, 2.24) is 5.32 Å². The van der Waals surface area contributed by atoms with E-state index in [1.807, 2.05) is 29.0 Å². The quantitative estimate of drug-likeness (QED) is 0.856. The zero-order valence-electron chi connectivity index (χ0n) is 9.68. The molecule has 0 saturated heterocycles. The van der Waals surface area contributed by atoms with Crippen LogP contribution in [0.15, 0.2) is 38.0 Å². The second kappa shape index (κ2) is 6.17. The summed E-state index contributed by atoms with van der Waals surface area (Å²) in [6, 6.07) is 5.09. The van der Waals surface area contributed by atoms with E-state index in [9.17, 15) is 4.79 Å². The van der Waals surface area contributed by atoms with Crippen molar-refractivity contribution in [3.63, 3.8) is 0 Å². The fraction of sp³-hybridized carbons (Fsp3) is 0.250. The van der Waals surface area contributed by atoms with Crippen molar-refractivity contribution in [2.75, 3.05) is 7.11 Å². The zero-order valence-corrected chi connectivity index (χ0v) is 12.1. The molecule has 2 aromatic heterocycles. The number of furan rings is 1. The highest BCUT2D eigenvalue weighted by Crippen LogP contribution is 2.19. The van der Waals surface area contributed by atoms with Gasteiger partial charge in [-0.05, 0) is 50.5 Å². The molecule has 0 aliphatic heterocycles. The topological polar surface area (TPSA) is 51.5 Å². The van der Waals surface area contributed by atoms with Crippen molar-refractivity contribution in [3.8, 4) is 0 Å². The number of hydrogen-bond donors (Lipinski definition) is 1. The van der Waals surface area contributed by atoms with Crippen LogP contribution in [0, 0.1) is 0 Å². The Bertz CT molecular complexity index is 509. The SMILES string of the molecule is COC(=O)C(NCc1ccc(Br)o1)c1ccsc1. The molecule has 2 aromatic rings. The predicted molar refractivity (Wildman–Crippen MR) is 72.3 cm³/mol. The number of thiophene rings is 1. The lowest BCUT2D eigenvalue weighted by molar-refractivity contribution is -0.143. The number of esters is 1. The molecular weight excluding hydrogens is 318 g/mol. The van der Waals surface area contributed by atoms with E-state index in [-0.39, 0.29) is 5.97 Å². The summed E-state index contributed by atoms with van der Waals surface area (Å²) in [5.41, 5.74) is 0.900. The van der Waals surface area contributed by atoms with Crippen molar-refractivity contribution < 1.29 is 13.9 Å². The van der Waals surface area contributed by atoms with Crippen LogP contribution in [-0.2, 0) is 16.1 Å². The first kappa shape index (κ1) is 13.3. The van der Waals surface area contributed by atoms with E-state index < -0.39 is 6.04 Å². The molecule has 2 rings (SSSR count). The van der Waals surface area contributed by atoms with Gasteiger partial charge in [0.05, 0.1) is 13.7 Å². The van der Waals surface area contributed by atoms with Crippen LogP contribution in [0.1, 0.15) is 17.4 Å². The molecule has 2 heterocycles. The van der Waals surface area contributed by atoms with Crippen molar-refractivity contribution in [1.29, 1.82) is 0 Å². The van der Waals surface area contributed by atoms with Gasteiger partial charge in [-0.3, -0.25) is 5.32 Å². The highest BCUT2D eigenvalue weighted by atomic mass is 79.9. The lowest BCUT2D eigenvalue weighted by Crippen LogP contribution is -2.28. The minimum atomic E-state index is -0.467. The number of rotatable bonds is 5. The van der Waals surface area contributed by atoms with Gasteiger partial charge in [-0.2, -0.15) is 11.3 Å². The van der Waals surface area contributed by atoms with E-state index in [4.69, 9.17) is 9.15 Å². The van der Waals surface area contributed by atoms with Crippen molar-refractivity contribution >= 4 is 33.2 Å². The van der Waals surface area contributed by atoms with E-state index in [0.717, 1.165) is 11.3 Å². The maximum Gasteiger partial charge on any atom is 0.327 e. The number of carbonyl (C=O) groups excluding carboxylic acids is 1. The summed E-state index contributed by atoms with van der Waals surface area (Å²) in [7, 11) is 1.38. The summed E-state index contributed by atoms with van der Waals surface area (Å²) in [5.74, 6) is 0.449. The third-order valence-electron chi connectivity index (χ3n) is 2.42. The van der Waals surface area contributed by atoms with Gasteiger partial charge in [-0.25, -0.2) is 4.79 Å². The lowest BCUT2D eigenvalue weighted by atomic mass is 10.1. The number of halogens is 1. The molecule has 1 atom stereocenters. The Kier molecular flexibility index (Phi) is 4.57. The third kappa shape index (κ3) is 3.22. The van der Waals surface area contributed by atoms with Gasteiger partial charge in [0.25, 0.3) is 0 Å². The largest absolute Gasteiger partial charge is 0.468 e. The minimum Gasteiger partial charge on any atom is -0.468 e. The maximum absolute atomic E-state index is 11.7. The predicted octanol–water partition coefficient (Wildman–Crippen LogP) is 3.11. The average Bonchev–Trinajstić information content (AvgIpc) is 3.01. The molecule has 0 radical (unpaired) electrons.